The van der Waals surface area contributed by atoms with Gasteiger partial charge in [-0.15, -0.1) is 0 Å². The number of ether oxygens (including phenoxy) is 1. The van der Waals surface area contributed by atoms with Crippen molar-refractivity contribution in [1.82, 2.24) is 9.78 Å². The van der Waals surface area contributed by atoms with Crippen LogP contribution in [-0.4, -0.2) is 40.9 Å². The minimum absolute atomic E-state index is 0.0381. The molecule has 1 unspecified atom stereocenters. The predicted molar refractivity (Wildman–Crippen MR) is 115 cm³/mol. The maximum Gasteiger partial charge on any atom is 0.176 e. The Hall–Kier alpha value is -2.97. The molecule has 158 valence electrons. The van der Waals surface area contributed by atoms with Gasteiger partial charge in [0.1, 0.15) is 22.5 Å². The zero-order chi connectivity index (χ0) is 21.1. The van der Waals surface area contributed by atoms with Crippen LogP contribution in [0.25, 0.3) is 5.69 Å². The average molecular weight is 442 g/mol. The van der Waals surface area contributed by atoms with Crippen molar-refractivity contribution >= 4 is 34.6 Å². The van der Waals surface area contributed by atoms with Gasteiger partial charge in [-0.2, -0.15) is 5.10 Å². The van der Waals surface area contributed by atoms with E-state index in [1.807, 2.05) is 18.2 Å². The molecule has 6 nitrogen and oxygen atoms in total. The fourth-order valence-electron chi connectivity index (χ4n) is 4.55. The lowest BCUT2D eigenvalue weighted by Gasteiger charge is -2.46. The standard InChI is InChI=1S/C22H18ClF2N5O/c23-15-9-26-30-19-8-12(29-10-14-6-4-13(29)11-31-14)5-7-18(19)27-21(28-22(15)30)20-16(24)2-1-3-17(20)25/h1-3,5,7-9,13-14H,4,6,10-11H2,(H,27,28)/t13?,14-/m1/s1. The molecule has 4 aliphatic rings. The van der Waals surface area contributed by atoms with E-state index in [1.165, 1.54) is 24.4 Å². The van der Waals surface area contributed by atoms with E-state index >= 15 is 0 Å². The van der Waals surface area contributed by atoms with E-state index in [9.17, 15) is 8.78 Å². The molecule has 3 fully saturated rings. The van der Waals surface area contributed by atoms with Crippen LogP contribution in [0.4, 0.5) is 26.0 Å². The first-order valence-corrected chi connectivity index (χ1v) is 10.5. The van der Waals surface area contributed by atoms with Gasteiger partial charge in [0.05, 0.1) is 41.9 Å². The van der Waals surface area contributed by atoms with Crippen molar-refractivity contribution in [3.05, 3.63) is 64.8 Å². The Balaban J connectivity index is 1.48. The molecule has 0 amide bonds. The first-order valence-electron chi connectivity index (χ1n) is 10.1. The summed E-state index contributed by atoms with van der Waals surface area (Å²) in [4.78, 5) is 6.80. The van der Waals surface area contributed by atoms with Crippen molar-refractivity contribution in [2.24, 2.45) is 4.99 Å². The molecule has 0 spiro atoms. The quantitative estimate of drug-likeness (QED) is 0.627. The van der Waals surface area contributed by atoms with E-state index < -0.39 is 11.6 Å². The second kappa shape index (κ2) is 7.03. The number of aliphatic imine (C=N–C) groups is 1. The zero-order valence-electron chi connectivity index (χ0n) is 16.4. The van der Waals surface area contributed by atoms with Gasteiger partial charge in [0, 0.05) is 12.2 Å². The number of piperidine rings is 1. The van der Waals surface area contributed by atoms with Crippen LogP contribution in [0.5, 0.6) is 0 Å². The number of fused-ring (bicyclic) bond motifs is 6. The Morgan fingerprint density at radius 2 is 1.97 bits per heavy atom. The topological polar surface area (TPSA) is 54.7 Å². The molecule has 0 saturated carbocycles. The summed E-state index contributed by atoms with van der Waals surface area (Å²) in [6, 6.07) is 9.94. The van der Waals surface area contributed by atoms with E-state index in [4.69, 9.17) is 16.3 Å². The van der Waals surface area contributed by atoms with Gasteiger partial charge in [-0.3, -0.25) is 0 Å². The number of hydrogen-bond donors (Lipinski definition) is 1. The Morgan fingerprint density at radius 3 is 2.68 bits per heavy atom. The molecule has 2 atom stereocenters. The predicted octanol–water partition coefficient (Wildman–Crippen LogP) is 4.68. The maximum atomic E-state index is 14.5. The summed E-state index contributed by atoms with van der Waals surface area (Å²) in [7, 11) is 0. The third-order valence-corrected chi connectivity index (χ3v) is 6.37. The summed E-state index contributed by atoms with van der Waals surface area (Å²) < 4.78 is 36.4. The number of halogens is 3. The van der Waals surface area contributed by atoms with Gasteiger partial charge >= 0.3 is 0 Å². The molecule has 1 N–H and O–H groups in total. The molecule has 0 aliphatic carbocycles. The average Bonchev–Trinajstić information content (AvgIpc) is 3.06. The largest absolute Gasteiger partial charge is 0.374 e. The van der Waals surface area contributed by atoms with Crippen LogP contribution in [0, 0.1) is 11.6 Å². The first kappa shape index (κ1) is 18.8. The van der Waals surface area contributed by atoms with Gasteiger partial charge in [0.15, 0.2) is 5.82 Å². The fourth-order valence-corrected chi connectivity index (χ4v) is 4.72. The summed E-state index contributed by atoms with van der Waals surface area (Å²) in [5, 5.41) is 7.75. The molecule has 0 radical (unpaired) electrons. The second-order valence-electron chi connectivity index (χ2n) is 7.95. The Labute approximate surface area is 182 Å². The minimum Gasteiger partial charge on any atom is -0.374 e. The molecule has 2 aromatic carbocycles. The Kier molecular flexibility index (Phi) is 4.26. The lowest BCUT2D eigenvalue weighted by molar-refractivity contribution is -0.0225. The van der Waals surface area contributed by atoms with Gasteiger partial charge in [-0.05, 0) is 43.2 Å². The molecule has 3 saturated heterocycles. The van der Waals surface area contributed by atoms with Crippen LogP contribution in [0.3, 0.4) is 0 Å². The summed E-state index contributed by atoms with van der Waals surface area (Å²) in [5.41, 5.74) is 2.13. The van der Waals surface area contributed by atoms with E-state index in [0.29, 0.717) is 28.3 Å². The van der Waals surface area contributed by atoms with Crippen molar-refractivity contribution in [2.75, 3.05) is 23.4 Å². The number of rotatable bonds is 2. The molecule has 4 aliphatic heterocycles. The molecular formula is C22H18ClF2N5O. The summed E-state index contributed by atoms with van der Waals surface area (Å²) in [6.07, 6.45) is 3.90. The minimum atomic E-state index is -0.710. The highest BCUT2D eigenvalue weighted by atomic mass is 35.5. The zero-order valence-corrected chi connectivity index (χ0v) is 17.1. The summed E-state index contributed by atoms with van der Waals surface area (Å²) in [5.74, 6) is -1.07. The van der Waals surface area contributed by atoms with Crippen LogP contribution in [0.1, 0.15) is 18.4 Å². The van der Waals surface area contributed by atoms with Crippen molar-refractivity contribution in [3.8, 4) is 5.69 Å². The van der Waals surface area contributed by atoms with Gasteiger partial charge in [0.25, 0.3) is 0 Å². The van der Waals surface area contributed by atoms with Crippen molar-refractivity contribution in [1.29, 1.82) is 0 Å². The maximum absolute atomic E-state index is 14.5. The molecule has 31 heavy (non-hydrogen) atoms. The summed E-state index contributed by atoms with van der Waals surface area (Å²) in [6.45, 7) is 1.56. The number of hydrogen-bond acceptors (Lipinski definition) is 5. The lowest BCUT2D eigenvalue weighted by Crippen LogP contribution is -2.54. The molecular weight excluding hydrogens is 424 g/mol. The number of benzene rings is 2. The van der Waals surface area contributed by atoms with Gasteiger partial charge < -0.3 is 15.0 Å². The Bertz CT molecular complexity index is 1200. The van der Waals surface area contributed by atoms with Crippen LogP contribution in [-0.2, 0) is 4.74 Å². The molecule has 2 bridgehead atoms. The number of aromatic nitrogens is 2. The number of nitrogens with zero attached hydrogens (tertiary/aromatic N) is 4. The molecule has 7 rings (SSSR count). The number of morpholine rings is 1. The third kappa shape index (κ3) is 3.01. The van der Waals surface area contributed by atoms with Gasteiger partial charge in [-0.25, -0.2) is 18.5 Å². The summed E-state index contributed by atoms with van der Waals surface area (Å²) >= 11 is 6.34. The smallest absolute Gasteiger partial charge is 0.176 e. The molecule has 9 heteroatoms. The van der Waals surface area contributed by atoms with Crippen molar-refractivity contribution in [2.45, 2.75) is 25.0 Å². The number of amidine groups is 1. The fraction of sp³-hybridized carbons (Fsp3) is 0.273. The van der Waals surface area contributed by atoms with Crippen LogP contribution < -0.4 is 10.2 Å². The van der Waals surface area contributed by atoms with Crippen molar-refractivity contribution in [3.63, 3.8) is 0 Å². The molecule has 5 heterocycles. The SMILES string of the molecule is Fc1cccc(F)c1C1=Nc2c(Cl)cnn2-c2cc(N3C[C@H]4CCC3CO4)ccc2N1. The highest BCUT2D eigenvalue weighted by molar-refractivity contribution is 6.33. The highest BCUT2D eigenvalue weighted by Crippen LogP contribution is 2.38. The Morgan fingerprint density at radius 1 is 1.13 bits per heavy atom. The van der Waals surface area contributed by atoms with E-state index in [2.05, 4.69) is 20.3 Å². The van der Waals surface area contributed by atoms with E-state index in [1.54, 1.807) is 4.68 Å². The van der Waals surface area contributed by atoms with Crippen LogP contribution in [0.2, 0.25) is 5.02 Å². The number of nitrogens with one attached hydrogen (secondary N) is 1. The van der Waals surface area contributed by atoms with Gasteiger partial charge in [-0.1, -0.05) is 17.7 Å². The normalized spacial score (nSPS) is 21.8. The monoisotopic (exact) mass is 441 g/mol. The van der Waals surface area contributed by atoms with Crippen molar-refractivity contribution < 1.29 is 13.5 Å². The van der Waals surface area contributed by atoms with Gasteiger partial charge in [0.2, 0.25) is 0 Å². The second-order valence-corrected chi connectivity index (χ2v) is 8.36. The van der Waals surface area contributed by atoms with Crippen LogP contribution >= 0.6 is 11.6 Å². The van der Waals surface area contributed by atoms with Crippen LogP contribution in [0.15, 0.2) is 47.6 Å². The third-order valence-electron chi connectivity index (χ3n) is 6.10. The number of anilines is 2. The first-order chi connectivity index (χ1) is 15.1. The lowest BCUT2D eigenvalue weighted by atomic mass is 9.96. The molecule has 1 aromatic heterocycles. The van der Waals surface area contributed by atoms with E-state index in [-0.39, 0.29) is 17.5 Å². The highest BCUT2D eigenvalue weighted by Gasteiger charge is 2.35. The van der Waals surface area contributed by atoms with E-state index in [0.717, 1.165) is 31.7 Å². The molecule has 3 aromatic rings.